The maximum absolute atomic E-state index is 12.4. The zero-order valence-corrected chi connectivity index (χ0v) is 12.3. The van der Waals surface area contributed by atoms with E-state index in [1.165, 1.54) is 26.8 Å². The Morgan fingerprint density at radius 3 is 1.57 bits per heavy atom. The summed E-state index contributed by atoms with van der Waals surface area (Å²) in [5, 5.41) is 0. The molecule has 0 heterocycles. The first-order valence-electron chi connectivity index (χ1n) is 6.05. The minimum atomic E-state index is -5.71. The van der Waals surface area contributed by atoms with Gasteiger partial charge in [-0.2, -0.15) is 26.3 Å². The van der Waals surface area contributed by atoms with E-state index in [-0.39, 0.29) is 0 Å². The van der Waals surface area contributed by atoms with Crippen LogP contribution in [0.1, 0.15) is 34.6 Å². The van der Waals surface area contributed by atoms with Gasteiger partial charge in [-0.15, -0.1) is 0 Å². The van der Waals surface area contributed by atoms with Gasteiger partial charge >= 0.3 is 18.3 Å². The van der Waals surface area contributed by atoms with Crippen molar-refractivity contribution in [3.05, 3.63) is 11.6 Å². The van der Waals surface area contributed by atoms with Crippen LogP contribution in [-0.4, -0.2) is 24.4 Å². The third kappa shape index (κ3) is 6.39. The van der Waals surface area contributed by atoms with Crippen LogP contribution in [0.4, 0.5) is 26.3 Å². The van der Waals surface area contributed by atoms with Crippen molar-refractivity contribution < 1.29 is 35.9 Å². The first-order valence-corrected chi connectivity index (χ1v) is 6.05. The molecule has 0 aromatic rings. The molecular weight excluding hydrogens is 302 g/mol. The average molecular weight is 320 g/mol. The molecule has 0 aliphatic rings. The molecule has 0 aromatic heterocycles. The summed E-state index contributed by atoms with van der Waals surface area (Å²) in [4.78, 5) is 11.8. The number of hydrogen-bond donors (Lipinski definition) is 0. The number of carbonyl (C=O) groups is 1. The van der Waals surface area contributed by atoms with E-state index in [4.69, 9.17) is 0 Å². The number of alkyl halides is 6. The van der Waals surface area contributed by atoms with Crippen molar-refractivity contribution in [2.75, 3.05) is 0 Å². The zero-order valence-electron chi connectivity index (χ0n) is 12.3. The van der Waals surface area contributed by atoms with Gasteiger partial charge in [0.15, 0.2) is 0 Å². The molecule has 1 atom stereocenters. The van der Waals surface area contributed by atoms with E-state index < -0.39 is 35.8 Å². The smallest absolute Gasteiger partial charge is 0.434 e. The fourth-order valence-corrected chi connectivity index (χ4v) is 1.51. The lowest BCUT2D eigenvalue weighted by Gasteiger charge is -2.30. The first-order chi connectivity index (χ1) is 9.06. The van der Waals surface area contributed by atoms with Gasteiger partial charge in [-0.3, -0.25) is 4.79 Å². The minimum Gasteiger partial charge on any atom is -0.442 e. The Bertz CT molecular complexity index is 382. The van der Waals surface area contributed by atoms with Crippen LogP contribution in [0.2, 0.25) is 0 Å². The largest absolute Gasteiger partial charge is 0.442 e. The van der Waals surface area contributed by atoms with E-state index in [2.05, 4.69) is 4.74 Å². The van der Waals surface area contributed by atoms with Crippen LogP contribution in [0.25, 0.3) is 0 Å². The van der Waals surface area contributed by atoms with E-state index >= 15 is 0 Å². The molecule has 0 aromatic carbocycles. The second kappa shape index (κ2) is 6.27. The molecule has 124 valence electrons. The Balaban J connectivity index is 5.44. The molecule has 1 unspecified atom stereocenters. The number of carbonyl (C=O) groups excluding carboxylic acids is 1. The lowest BCUT2D eigenvalue weighted by Crippen LogP contribution is -2.47. The summed E-state index contributed by atoms with van der Waals surface area (Å²) in [5.74, 6) is -2.77. The van der Waals surface area contributed by atoms with Crippen LogP contribution in [0.15, 0.2) is 11.6 Å². The summed E-state index contributed by atoms with van der Waals surface area (Å²) < 4.78 is 78.1. The highest BCUT2D eigenvalue weighted by Gasteiger charge is 2.60. The van der Waals surface area contributed by atoms with Crippen molar-refractivity contribution in [1.29, 1.82) is 0 Å². The molecule has 0 saturated heterocycles. The molecule has 0 fully saturated rings. The Morgan fingerprint density at radius 2 is 1.33 bits per heavy atom. The highest BCUT2D eigenvalue weighted by atomic mass is 19.4. The maximum atomic E-state index is 12.4. The predicted octanol–water partition coefficient (Wildman–Crippen LogP) is 4.65. The van der Waals surface area contributed by atoms with Crippen molar-refractivity contribution in [2.24, 2.45) is 11.3 Å². The van der Waals surface area contributed by atoms with Gasteiger partial charge in [-0.25, -0.2) is 0 Å². The van der Waals surface area contributed by atoms with Crippen LogP contribution in [0, 0.1) is 11.3 Å². The van der Waals surface area contributed by atoms with Crippen molar-refractivity contribution in [3.63, 3.8) is 0 Å². The molecule has 0 saturated carbocycles. The fourth-order valence-electron chi connectivity index (χ4n) is 1.51. The van der Waals surface area contributed by atoms with Gasteiger partial charge in [0.1, 0.15) is 0 Å². The Morgan fingerprint density at radius 1 is 0.952 bits per heavy atom. The van der Waals surface area contributed by atoms with Crippen LogP contribution in [0.3, 0.4) is 0 Å². The first kappa shape index (κ1) is 19.8. The summed E-state index contributed by atoms with van der Waals surface area (Å²) in [6, 6.07) is 0. The number of esters is 1. The van der Waals surface area contributed by atoms with Crippen molar-refractivity contribution in [2.45, 2.75) is 53.1 Å². The lowest BCUT2D eigenvalue weighted by atomic mass is 9.80. The van der Waals surface area contributed by atoms with Crippen LogP contribution in [0.5, 0.6) is 0 Å². The molecule has 0 radical (unpaired) electrons. The summed E-state index contributed by atoms with van der Waals surface area (Å²) in [5.41, 5.74) is -0.293. The third-order valence-electron chi connectivity index (χ3n) is 2.52. The molecule has 8 heteroatoms. The van der Waals surface area contributed by atoms with Gasteiger partial charge in [-0.1, -0.05) is 32.4 Å². The van der Waals surface area contributed by atoms with Gasteiger partial charge in [0.2, 0.25) is 0 Å². The predicted molar refractivity (Wildman–Crippen MR) is 64.4 cm³/mol. The molecule has 0 N–H and O–H groups in total. The van der Waals surface area contributed by atoms with Crippen LogP contribution >= 0.6 is 0 Å². The fraction of sp³-hybridized carbons (Fsp3) is 0.769. The van der Waals surface area contributed by atoms with Crippen LogP contribution < -0.4 is 0 Å². The monoisotopic (exact) mass is 320 g/mol. The highest BCUT2D eigenvalue weighted by Crippen LogP contribution is 2.38. The standard InChI is InChI=1S/C13H18F6O2/c1-7(2)6-8(11(3,4)5)9(20)21-10(12(14,15)16)13(17,18)19/h6,8,10H,1-5H3. The molecule has 2 nitrogen and oxygen atoms in total. The molecule has 0 amide bonds. The second-order valence-electron chi connectivity index (χ2n) is 5.99. The van der Waals surface area contributed by atoms with Crippen molar-refractivity contribution in [1.82, 2.24) is 0 Å². The third-order valence-corrected chi connectivity index (χ3v) is 2.52. The van der Waals surface area contributed by atoms with Crippen molar-refractivity contribution >= 4 is 5.97 Å². The molecule has 0 bridgehead atoms. The van der Waals surface area contributed by atoms with Gasteiger partial charge in [0, 0.05) is 0 Å². The SMILES string of the molecule is CC(C)=CC(C(=O)OC(C(F)(F)F)C(F)(F)F)C(C)(C)C. The maximum Gasteiger partial charge on any atom is 0.434 e. The highest BCUT2D eigenvalue weighted by molar-refractivity contribution is 5.75. The van der Waals surface area contributed by atoms with E-state index in [0.717, 1.165) is 0 Å². The summed E-state index contributed by atoms with van der Waals surface area (Å²) >= 11 is 0. The Kier molecular flexibility index (Phi) is 5.91. The number of rotatable bonds is 3. The van der Waals surface area contributed by atoms with E-state index in [9.17, 15) is 31.1 Å². The van der Waals surface area contributed by atoms with E-state index in [1.807, 2.05) is 0 Å². The number of allylic oxidation sites excluding steroid dienone is 1. The van der Waals surface area contributed by atoms with Gasteiger partial charge in [0.25, 0.3) is 6.10 Å². The Labute approximate surface area is 119 Å². The second-order valence-corrected chi connectivity index (χ2v) is 5.99. The van der Waals surface area contributed by atoms with Crippen LogP contribution in [-0.2, 0) is 9.53 Å². The molecule has 0 aliphatic carbocycles. The molecule has 0 rings (SSSR count). The summed E-state index contributed by atoms with van der Waals surface area (Å²) in [6.07, 6.45) is -14.2. The molecule has 0 aliphatic heterocycles. The zero-order chi connectivity index (χ0) is 17.2. The summed E-state index contributed by atoms with van der Waals surface area (Å²) in [6.45, 7) is 7.73. The van der Waals surface area contributed by atoms with Crippen molar-refractivity contribution in [3.8, 4) is 0 Å². The molecule has 21 heavy (non-hydrogen) atoms. The van der Waals surface area contributed by atoms with Gasteiger partial charge < -0.3 is 4.74 Å². The number of halogens is 6. The minimum absolute atomic E-state index is 0.586. The molecular formula is C13H18F6O2. The average Bonchev–Trinajstić information content (AvgIpc) is 2.16. The number of hydrogen-bond acceptors (Lipinski definition) is 2. The van der Waals surface area contributed by atoms with E-state index in [1.54, 1.807) is 13.8 Å². The van der Waals surface area contributed by atoms with Gasteiger partial charge in [0.05, 0.1) is 5.92 Å². The molecule has 0 spiro atoms. The Hall–Kier alpha value is -1.21. The topological polar surface area (TPSA) is 26.3 Å². The lowest BCUT2D eigenvalue weighted by molar-refractivity contribution is -0.314. The number of ether oxygens (including phenoxy) is 1. The van der Waals surface area contributed by atoms with E-state index in [0.29, 0.717) is 5.57 Å². The summed E-state index contributed by atoms with van der Waals surface area (Å²) in [7, 11) is 0. The van der Waals surface area contributed by atoms with Gasteiger partial charge in [-0.05, 0) is 19.3 Å². The normalized spacial score (nSPS) is 14.9. The quantitative estimate of drug-likeness (QED) is 0.430.